The summed E-state index contributed by atoms with van der Waals surface area (Å²) in [7, 11) is 0. The van der Waals surface area contributed by atoms with E-state index in [9.17, 15) is 13.2 Å². The van der Waals surface area contributed by atoms with Gasteiger partial charge in [-0.1, -0.05) is 18.2 Å². The van der Waals surface area contributed by atoms with E-state index in [-0.39, 0.29) is 23.9 Å². The number of pyridine rings is 1. The number of benzene rings is 1. The summed E-state index contributed by atoms with van der Waals surface area (Å²) >= 11 is 5.75. The van der Waals surface area contributed by atoms with Gasteiger partial charge in [-0.15, -0.1) is 0 Å². The first kappa shape index (κ1) is 23.8. The van der Waals surface area contributed by atoms with Crippen LogP contribution in [0, 0.1) is 13.8 Å². The van der Waals surface area contributed by atoms with E-state index in [0.29, 0.717) is 11.7 Å². The van der Waals surface area contributed by atoms with Crippen molar-refractivity contribution in [2.45, 2.75) is 51.1 Å². The van der Waals surface area contributed by atoms with Gasteiger partial charge < -0.3 is 19.5 Å². The zero-order valence-electron chi connectivity index (χ0n) is 19.5. The van der Waals surface area contributed by atoms with Gasteiger partial charge in [0.1, 0.15) is 0 Å². The minimum atomic E-state index is -4.46. The van der Waals surface area contributed by atoms with Crippen LogP contribution in [0.2, 0.25) is 0 Å². The van der Waals surface area contributed by atoms with Gasteiger partial charge in [-0.2, -0.15) is 13.2 Å². The summed E-state index contributed by atoms with van der Waals surface area (Å²) < 4.78 is 49.2. The highest BCUT2D eigenvalue weighted by Gasteiger charge is 2.43. The molecule has 3 unspecified atom stereocenters. The van der Waals surface area contributed by atoms with Crippen LogP contribution in [0.4, 0.5) is 13.2 Å². The Labute approximate surface area is 207 Å². The summed E-state index contributed by atoms with van der Waals surface area (Å²) in [4.78, 5) is 6.68. The molecule has 1 aromatic carbocycles. The zero-order chi connectivity index (χ0) is 24.7. The second-order valence-electron chi connectivity index (χ2n) is 9.09. The van der Waals surface area contributed by atoms with Crippen molar-refractivity contribution in [3.63, 3.8) is 0 Å². The lowest BCUT2D eigenvalue weighted by Gasteiger charge is -2.30. The Hall–Kier alpha value is -2.91. The zero-order valence-corrected chi connectivity index (χ0v) is 20.4. The fraction of sp³-hybridized carbons (Fsp3) is 0.385. The Morgan fingerprint density at radius 3 is 2.60 bits per heavy atom. The number of alkyl halides is 3. The van der Waals surface area contributed by atoms with Gasteiger partial charge in [0, 0.05) is 30.7 Å². The number of ether oxygens (including phenoxy) is 1. The largest absolute Gasteiger partial charge is 0.418 e. The second kappa shape index (κ2) is 9.28. The molecule has 2 fully saturated rings. The molecule has 2 aliphatic heterocycles. The van der Waals surface area contributed by atoms with Crippen LogP contribution in [-0.4, -0.2) is 38.8 Å². The monoisotopic (exact) mass is 500 g/mol. The molecule has 3 atom stereocenters. The summed E-state index contributed by atoms with van der Waals surface area (Å²) in [6, 6.07) is 12.9. The molecule has 0 amide bonds. The summed E-state index contributed by atoms with van der Waals surface area (Å²) in [5.74, 6) is 0. The van der Waals surface area contributed by atoms with Crippen LogP contribution in [-0.2, 0) is 10.9 Å². The number of para-hydroxylation sites is 1. The maximum absolute atomic E-state index is 13.9. The number of aromatic nitrogens is 2. The molecule has 1 N–H and O–H groups in total. The van der Waals surface area contributed by atoms with Gasteiger partial charge >= 0.3 is 6.18 Å². The van der Waals surface area contributed by atoms with Gasteiger partial charge in [0.15, 0.2) is 5.11 Å². The molecule has 2 aliphatic rings. The van der Waals surface area contributed by atoms with Gasteiger partial charge in [-0.3, -0.25) is 4.98 Å². The van der Waals surface area contributed by atoms with Crippen LogP contribution in [0.3, 0.4) is 0 Å². The number of thiocarbonyl (C=S) groups is 1. The molecule has 0 spiro atoms. The summed E-state index contributed by atoms with van der Waals surface area (Å²) in [6.07, 6.45) is -0.691. The minimum Gasteiger partial charge on any atom is -0.376 e. The van der Waals surface area contributed by atoms with Crippen molar-refractivity contribution >= 4 is 17.3 Å². The van der Waals surface area contributed by atoms with Crippen molar-refractivity contribution in [2.24, 2.45) is 0 Å². The molecule has 0 saturated carbocycles. The number of rotatable bonds is 5. The number of nitrogens with zero attached hydrogens (tertiary/aromatic N) is 3. The highest BCUT2D eigenvalue weighted by atomic mass is 32.1. The van der Waals surface area contributed by atoms with Crippen molar-refractivity contribution in [2.75, 3.05) is 13.2 Å². The Balaban J connectivity index is 1.62. The fourth-order valence-corrected chi connectivity index (χ4v) is 5.63. The summed E-state index contributed by atoms with van der Waals surface area (Å²) in [6.45, 7) is 5.06. The van der Waals surface area contributed by atoms with Crippen LogP contribution in [0.15, 0.2) is 54.7 Å². The van der Waals surface area contributed by atoms with E-state index in [4.69, 9.17) is 17.0 Å². The number of hydrogen-bond donors (Lipinski definition) is 1. The first-order chi connectivity index (χ1) is 16.8. The lowest BCUT2D eigenvalue weighted by molar-refractivity contribution is -0.137. The average molecular weight is 501 g/mol. The maximum atomic E-state index is 13.9. The van der Waals surface area contributed by atoms with Crippen LogP contribution in [0.25, 0.3) is 5.69 Å². The molecule has 9 heteroatoms. The third kappa shape index (κ3) is 4.43. The normalized spacial score (nSPS) is 22.6. The number of nitrogens with one attached hydrogen (secondary N) is 1. The predicted octanol–water partition coefficient (Wildman–Crippen LogP) is 5.66. The summed E-state index contributed by atoms with van der Waals surface area (Å²) in [5, 5.41) is 4.02. The predicted molar refractivity (Wildman–Crippen MR) is 131 cm³/mol. The number of hydrogen-bond acceptors (Lipinski definition) is 3. The topological polar surface area (TPSA) is 42.3 Å². The van der Waals surface area contributed by atoms with Gasteiger partial charge in [0.2, 0.25) is 0 Å². The molecule has 35 heavy (non-hydrogen) atoms. The molecular formula is C26H27F3N4OS. The van der Waals surface area contributed by atoms with Crippen molar-refractivity contribution < 1.29 is 17.9 Å². The van der Waals surface area contributed by atoms with Crippen LogP contribution in [0.5, 0.6) is 0 Å². The van der Waals surface area contributed by atoms with E-state index in [1.165, 1.54) is 12.1 Å². The summed E-state index contributed by atoms with van der Waals surface area (Å²) in [5.41, 5.74) is 2.68. The van der Waals surface area contributed by atoms with Crippen LogP contribution >= 0.6 is 12.2 Å². The quantitative estimate of drug-likeness (QED) is 0.458. The molecule has 5 nitrogen and oxygen atoms in total. The standard InChI is InChI=1S/C26H27F3N4OS/c1-16-14-19(17(2)33(16)22-11-4-3-9-20(22)26(27,28)29)24-23(21-10-5-6-12-30-21)31-25(35)32(24)15-18-8-7-13-34-18/h3-6,9-12,14,18,23-24H,7-8,13,15H2,1-2H3,(H,31,35). The van der Waals surface area contributed by atoms with E-state index in [0.717, 1.165) is 48.2 Å². The fourth-order valence-electron chi connectivity index (χ4n) is 5.31. The smallest absolute Gasteiger partial charge is 0.376 e. The second-order valence-corrected chi connectivity index (χ2v) is 9.48. The van der Waals surface area contributed by atoms with Gasteiger partial charge in [0.05, 0.1) is 35.1 Å². The Morgan fingerprint density at radius 1 is 1.14 bits per heavy atom. The highest BCUT2D eigenvalue weighted by molar-refractivity contribution is 7.80. The van der Waals surface area contributed by atoms with E-state index < -0.39 is 11.7 Å². The van der Waals surface area contributed by atoms with E-state index in [2.05, 4.69) is 15.2 Å². The van der Waals surface area contributed by atoms with Gasteiger partial charge in [0.25, 0.3) is 0 Å². The van der Waals surface area contributed by atoms with Crippen molar-refractivity contribution in [3.05, 3.63) is 82.9 Å². The molecule has 2 aromatic heterocycles. The Kier molecular flexibility index (Phi) is 6.31. The molecule has 4 heterocycles. The first-order valence-corrected chi connectivity index (χ1v) is 12.1. The molecule has 184 valence electrons. The minimum absolute atomic E-state index is 0.0641. The molecular weight excluding hydrogens is 473 g/mol. The molecule has 0 aliphatic carbocycles. The highest BCUT2D eigenvalue weighted by Crippen LogP contribution is 2.43. The Morgan fingerprint density at radius 2 is 1.91 bits per heavy atom. The SMILES string of the molecule is Cc1cc(C2C(c3ccccn3)NC(=S)N2CC2CCCO2)c(C)n1-c1ccccc1C(F)(F)F. The lowest BCUT2D eigenvalue weighted by Crippen LogP contribution is -2.36. The first-order valence-electron chi connectivity index (χ1n) is 11.7. The third-order valence-electron chi connectivity index (χ3n) is 6.86. The average Bonchev–Trinajstić information content (AvgIpc) is 3.53. The van der Waals surface area contributed by atoms with Crippen LogP contribution in [0.1, 0.15) is 53.1 Å². The molecule has 2 saturated heterocycles. The third-order valence-corrected chi connectivity index (χ3v) is 7.21. The lowest BCUT2D eigenvalue weighted by atomic mass is 9.96. The Bertz CT molecular complexity index is 1220. The van der Waals surface area contributed by atoms with Crippen molar-refractivity contribution in [1.82, 2.24) is 19.8 Å². The van der Waals surface area contributed by atoms with Gasteiger partial charge in [-0.05, 0) is 74.8 Å². The van der Waals surface area contributed by atoms with E-state index >= 15 is 0 Å². The van der Waals surface area contributed by atoms with Gasteiger partial charge in [-0.25, -0.2) is 0 Å². The molecule has 0 radical (unpaired) electrons. The molecule has 5 rings (SSSR count). The van der Waals surface area contributed by atoms with E-state index in [1.54, 1.807) is 16.8 Å². The van der Waals surface area contributed by atoms with Crippen molar-refractivity contribution in [1.29, 1.82) is 0 Å². The maximum Gasteiger partial charge on any atom is 0.418 e. The number of halogens is 3. The molecule has 3 aromatic rings. The van der Waals surface area contributed by atoms with Crippen LogP contribution < -0.4 is 5.32 Å². The van der Waals surface area contributed by atoms with Crippen molar-refractivity contribution in [3.8, 4) is 5.69 Å². The van der Waals surface area contributed by atoms with E-state index in [1.807, 2.05) is 38.1 Å². The number of aryl methyl sites for hydroxylation is 1. The molecule has 0 bridgehead atoms.